The molecule has 1 aromatic carbocycles. The molecule has 1 atom stereocenters. The van der Waals surface area contributed by atoms with Crippen LogP contribution in [0, 0.1) is 11.3 Å². The molecule has 0 aliphatic carbocycles. The van der Waals surface area contributed by atoms with Gasteiger partial charge in [-0.25, -0.2) is 4.98 Å². The Bertz CT molecular complexity index is 1170. The fourth-order valence-corrected chi connectivity index (χ4v) is 5.29. The van der Waals surface area contributed by atoms with Gasteiger partial charge in [-0.05, 0) is 30.4 Å². The van der Waals surface area contributed by atoms with Crippen molar-refractivity contribution in [2.24, 2.45) is 0 Å². The summed E-state index contributed by atoms with van der Waals surface area (Å²) in [7, 11) is 0. The number of amides is 1. The van der Waals surface area contributed by atoms with Crippen LogP contribution in [0.1, 0.15) is 33.3 Å². The first kappa shape index (κ1) is 20.7. The van der Waals surface area contributed by atoms with Gasteiger partial charge in [-0.3, -0.25) is 4.79 Å². The van der Waals surface area contributed by atoms with Crippen molar-refractivity contribution < 1.29 is 9.53 Å². The lowest BCUT2D eigenvalue weighted by Crippen LogP contribution is -2.54. The van der Waals surface area contributed by atoms with Crippen molar-refractivity contribution in [3.05, 3.63) is 69.4 Å². The smallest absolute Gasteiger partial charge is 0.264 e. The number of ether oxygens (including phenoxy) is 1. The summed E-state index contributed by atoms with van der Waals surface area (Å²) in [6, 6.07) is 16.3. The Morgan fingerprint density at radius 1 is 1.19 bits per heavy atom. The zero-order chi connectivity index (χ0) is 22.1. The summed E-state index contributed by atoms with van der Waals surface area (Å²) in [5, 5.41) is 12.0. The second-order valence-electron chi connectivity index (χ2n) is 8.17. The number of aromatic nitrogens is 1. The monoisotopic (exact) mass is 444 g/mol. The number of hydrogen-bond acceptors (Lipinski definition) is 6. The Morgan fingerprint density at radius 2 is 2.03 bits per heavy atom. The number of thiophene rings is 1. The molecule has 6 nitrogen and oxygen atoms in total. The first-order chi connectivity index (χ1) is 15.7. The van der Waals surface area contributed by atoms with E-state index in [0.29, 0.717) is 44.8 Å². The first-order valence-corrected chi connectivity index (χ1v) is 11.7. The molecule has 0 bridgehead atoms. The van der Waals surface area contributed by atoms with Gasteiger partial charge >= 0.3 is 0 Å². The Morgan fingerprint density at radius 3 is 2.75 bits per heavy atom. The third kappa shape index (κ3) is 3.66. The molecule has 0 N–H and O–H groups in total. The number of fused-ring (bicyclic) bond motifs is 1. The Kier molecular flexibility index (Phi) is 5.64. The number of nitriles is 1. The highest BCUT2D eigenvalue weighted by Gasteiger charge is 2.32. The van der Waals surface area contributed by atoms with E-state index in [1.165, 1.54) is 11.3 Å². The summed E-state index contributed by atoms with van der Waals surface area (Å²) in [5.74, 6) is 0.801. The molecule has 5 rings (SSSR count). The molecule has 0 saturated carbocycles. The van der Waals surface area contributed by atoms with Crippen LogP contribution in [0.3, 0.4) is 0 Å². The third-order valence-electron chi connectivity index (χ3n) is 6.21. The quantitative estimate of drug-likeness (QED) is 0.608. The number of hydrogen-bond donors (Lipinski definition) is 0. The van der Waals surface area contributed by atoms with Gasteiger partial charge in [0.25, 0.3) is 5.91 Å². The van der Waals surface area contributed by atoms with Crippen LogP contribution in [0.25, 0.3) is 11.3 Å². The van der Waals surface area contributed by atoms with Crippen LogP contribution in [-0.4, -0.2) is 48.1 Å². The minimum absolute atomic E-state index is 0.0197. The molecule has 0 spiro atoms. The van der Waals surface area contributed by atoms with E-state index in [-0.39, 0.29) is 11.9 Å². The van der Waals surface area contributed by atoms with E-state index in [2.05, 4.69) is 17.9 Å². The van der Waals surface area contributed by atoms with Crippen LogP contribution in [0.4, 0.5) is 5.82 Å². The first-order valence-electron chi connectivity index (χ1n) is 10.9. The number of anilines is 1. The molecule has 1 fully saturated rings. The summed E-state index contributed by atoms with van der Waals surface area (Å²) in [6.45, 7) is 5.04. The molecule has 0 radical (unpaired) electrons. The minimum atomic E-state index is 0.0197. The molecule has 4 heterocycles. The zero-order valence-corrected chi connectivity index (χ0v) is 18.8. The average molecular weight is 445 g/mol. The van der Waals surface area contributed by atoms with Crippen LogP contribution in [0.15, 0.2) is 47.8 Å². The van der Waals surface area contributed by atoms with Crippen molar-refractivity contribution in [2.45, 2.75) is 26.0 Å². The van der Waals surface area contributed by atoms with Gasteiger partial charge in [0.2, 0.25) is 0 Å². The van der Waals surface area contributed by atoms with Gasteiger partial charge in [-0.2, -0.15) is 5.26 Å². The van der Waals surface area contributed by atoms with Crippen LogP contribution >= 0.6 is 11.3 Å². The van der Waals surface area contributed by atoms with E-state index in [4.69, 9.17) is 9.72 Å². The fraction of sp³-hybridized carbons (Fsp3) is 0.320. The summed E-state index contributed by atoms with van der Waals surface area (Å²) in [6.07, 6.45) is 0.708. The maximum Gasteiger partial charge on any atom is 0.264 e. The number of carbonyl (C=O) groups excluding carboxylic acids is 1. The second-order valence-corrected chi connectivity index (χ2v) is 9.12. The molecule has 2 aliphatic rings. The number of benzene rings is 1. The zero-order valence-electron chi connectivity index (χ0n) is 18.0. The average Bonchev–Trinajstić information content (AvgIpc) is 3.38. The summed E-state index contributed by atoms with van der Waals surface area (Å²) >= 11 is 1.47. The Balaban J connectivity index is 1.51. The molecule has 7 heteroatoms. The molecule has 162 valence electrons. The SMILES string of the molecule is CC1CN(c2nc(-c3ccccc3)c3c(c2C#N)CCOC3)CCN1C(=O)c1cccs1. The highest BCUT2D eigenvalue weighted by atomic mass is 32.1. The Labute approximate surface area is 191 Å². The minimum Gasteiger partial charge on any atom is -0.376 e. The van der Waals surface area contributed by atoms with Crippen LogP contribution in [0.2, 0.25) is 0 Å². The normalized spacial score (nSPS) is 18.2. The van der Waals surface area contributed by atoms with E-state index in [0.717, 1.165) is 33.1 Å². The molecule has 1 unspecified atom stereocenters. The molecular weight excluding hydrogens is 420 g/mol. The van der Waals surface area contributed by atoms with Crippen molar-refractivity contribution >= 4 is 23.1 Å². The summed E-state index contributed by atoms with van der Waals surface area (Å²) in [4.78, 5) is 22.8. The number of nitrogens with zero attached hydrogens (tertiary/aromatic N) is 4. The van der Waals surface area contributed by atoms with Crippen molar-refractivity contribution in [1.29, 1.82) is 5.26 Å². The number of rotatable bonds is 3. The van der Waals surface area contributed by atoms with Crippen LogP contribution in [0.5, 0.6) is 0 Å². The summed E-state index contributed by atoms with van der Waals surface area (Å²) < 4.78 is 5.73. The van der Waals surface area contributed by atoms with Crippen molar-refractivity contribution in [3.63, 3.8) is 0 Å². The predicted octanol–water partition coefficient (Wildman–Crippen LogP) is 4.11. The Hall–Kier alpha value is -3.21. The van der Waals surface area contributed by atoms with Gasteiger partial charge in [0, 0.05) is 36.8 Å². The summed E-state index contributed by atoms with van der Waals surface area (Å²) in [5.41, 5.74) is 4.63. The van der Waals surface area contributed by atoms with Crippen molar-refractivity contribution in [2.75, 3.05) is 31.1 Å². The van der Waals surface area contributed by atoms with Crippen LogP contribution < -0.4 is 4.90 Å². The highest BCUT2D eigenvalue weighted by molar-refractivity contribution is 7.12. The second kappa shape index (κ2) is 8.73. The maximum atomic E-state index is 12.9. The molecule has 2 aliphatic heterocycles. The van der Waals surface area contributed by atoms with E-state index in [9.17, 15) is 10.1 Å². The molecule has 1 amide bonds. The van der Waals surface area contributed by atoms with Gasteiger partial charge in [0.15, 0.2) is 0 Å². The lowest BCUT2D eigenvalue weighted by Gasteiger charge is -2.41. The number of pyridine rings is 1. The topological polar surface area (TPSA) is 69.5 Å². The van der Waals surface area contributed by atoms with Crippen molar-refractivity contribution in [3.8, 4) is 17.3 Å². The van der Waals surface area contributed by atoms with E-state index in [1.54, 1.807) is 0 Å². The lowest BCUT2D eigenvalue weighted by atomic mass is 9.93. The highest BCUT2D eigenvalue weighted by Crippen LogP contribution is 2.35. The molecule has 32 heavy (non-hydrogen) atoms. The predicted molar refractivity (Wildman–Crippen MR) is 125 cm³/mol. The van der Waals surface area contributed by atoms with E-state index in [1.807, 2.05) is 52.7 Å². The van der Waals surface area contributed by atoms with E-state index < -0.39 is 0 Å². The number of piperazine rings is 1. The van der Waals surface area contributed by atoms with Gasteiger partial charge in [-0.15, -0.1) is 11.3 Å². The van der Waals surface area contributed by atoms with Crippen molar-refractivity contribution in [1.82, 2.24) is 9.88 Å². The van der Waals surface area contributed by atoms with Gasteiger partial charge in [0.1, 0.15) is 11.9 Å². The largest absolute Gasteiger partial charge is 0.376 e. The lowest BCUT2D eigenvalue weighted by molar-refractivity contribution is 0.0678. The van der Waals surface area contributed by atoms with Gasteiger partial charge in [0.05, 0.1) is 29.3 Å². The maximum absolute atomic E-state index is 12.9. The molecule has 3 aromatic rings. The van der Waals surface area contributed by atoms with Gasteiger partial charge < -0.3 is 14.5 Å². The third-order valence-corrected chi connectivity index (χ3v) is 7.07. The number of carbonyl (C=O) groups is 1. The fourth-order valence-electron chi connectivity index (χ4n) is 4.61. The molecular formula is C25H24N4O2S. The van der Waals surface area contributed by atoms with Gasteiger partial charge in [-0.1, -0.05) is 36.4 Å². The van der Waals surface area contributed by atoms with E-state index >= 15 is 0 Å². The van der Waals surface area contributed by atoms with Crippen LogP contribution in [-0.2, 0) is 17.8 Å². The standard InChI is InChI=1S/C25H24N4O2S/c1-17-15-28(10-11-29(17)25(30)22-8-5-13-32-22)24-20(14-26)19-9-12-31-16-21(19)23(27-24)18-6-3-2-4-7-18/h2-8,13,17H,9-12,15-16H2,1H3. The molecule has 2 aromatic heterocycles. The molecule has 1 saturated heterocycles.